The third-order valence-electron chi connectivity index (χ3n) is 9.35. The summed E-state index contributed by atoms with van der Waals surface area (Å²) in [7, 11) is -1.27. The molecule has 8 rings (SSSR count). The van der Waals surface area contributed by atoms with Crippen molar-refractivity contribution in [2.24, 2.45) is 0 Å². The number of para-hydroxylation sites is 1. The number of hydrogen-bond donors (Lipinski definition) is 0. The van der Waals surface area contributed by atoms with Crippen molar-refractivity contribution in [1.82, 2.24) is 9.97 Å². The minimum Gasteiger partial charge on any atom is -0.500 e. The molecule has 6 heteroatoms. The number of furan rings is 1. The van der Waals surface area contributed by atoms with Gasteiger partial charge in [-0.25, -0.2) is 4.39 Å². The van der Waals surface area contributed by atoms with E-state index < -0.39 is 8.07 Å². The van der Waals surface area contributed by atoms with Crippen LogP contribution in [0.5, 0.6) is 0 Å². The third-order valence-corrected chi connectivity index (χ3v) is 11.5. The van der Waals surface area contributed by atoms with Crippen molar-refractivity contribution in [3.05, 3.63) is 174 Å². The molecule has 3 nitrogen and oxygen atoms in total. The Morgan fingerprint density at radius 3 is 2.17 bits per heavy atom. The van der Waals surface area contributed by atoms with Crippen LogP contribution in [0, 0.1) is 24.9 Å². The van der Waals surface area contributed by atoms with Crippen molar-refractivity contribution in [3.63, 3.8) is 0 Å². The number of rotatable bonds is 6. The van der Waals surface area contributed by atoms with Gasteiger partial charge in [0, 0.05) is 49.4 Å². The fraction of sp³-hybridized carbons (Fsp3) is 0.130. The van der Waals surface area contributed by atoms with Crippen molar-refractivity contribution in [3.8, 4) is 33.6 Å². The number of aryl methyl sites for hydroxylation is 1. The minimum atomic E-state index is -1.27. The van der Waals surface area contributed by atoms with Crippen LogP contribution in [0.1, 0.15) is 29.5 Å². The average Bonchev–Trinajstić information content (AvgIpc) is 3.54. The molecule has 0 amide bonds. The maximum Gasteiger partial charge on any atom is 0.128 e. The predicted octanol–water partition coefficient (Wildman–Crippen LogP) is 11.8. The largest absolute Gasteiger partial charge is 0.500 e. The summed E-state index contributed by atoms with van der Waals surface area (Å²) in [6, 6.07) is 48.0. The predicted molar refractivity (Wildman–Crippen MR) is 211 cm³/mol. The van der Waals surface area contributed by atoms with Crippen LogP contribution in [0.15, 0.2) is 144 Å². The normalized spacial score (nSPS) is 11.8. The summed E-state index contributed by atoms with van der Waals surface area (Å²) in [6.07, 6.45) is 3.92. The van der Waals surface area contributed by atoms with Crippen LogP contribution in [-0.4, -0.2) is 18.0 Å². The molecule has 1 unspecified atom stereocenters. The standard InChI is InChI=1S/C31H21FNO.C15H18NSi.Ir/c1-20(21-6-3-2-4-7-21)23-16-17-33-29(19-23)24-12-15-30-28(18-24)27-9-5-8-26(31(27)34-30)22-10-13-25(32)14-11-22;1-12-10-14(13-8-6-5-7-9-13)16-11-15(12)17(2,3)4;/h2-11,13-20H,1H3;5-8,10-11H,1-4H3;/q2*-1;. The SMILES string of the molecule is CC(c1ccccc1)c1ccnc(-c2[c-]cc3oc4c(-c5ccc(F)cc5)cccc4c3c2)c1.Cc1cc(-c2[c-]cccc2)ncc1[Si](C)(C)C.[Ir]. The summed E-state index contributed by atoms with van der Waals surface area (Å²) in [4.78, 5) is 9.21. The van der Waals surface area contributed by atoms with Gasteiger partial charge in [-0.05, 0) is 58.4 Å². The van der Waals surface area contributed by atoms with E-state index in [1.54, 1.807) is 12.1 Å². The Hall–Kier alpha value is -5.00. The second-order valence-corrected chi connectivity index (χ2v) is 19.0. The van der Waals surface area contributed by atoms with Crippen LogP contribution >= 0.6 is 0 Å². The molecule has 52 heavy (non-hydrogen) atoms. The van der Waals surface area contributed by atoms with Crippen LogP contribution in [0.2, 0.25) is 19.6 Å². The van der Waals surface area contributed by atoms with Gasteiger partial charge in [-0.1, -0.05) is 110 Å². The van der Waals surface area contributed by atoms with E-state index in [0.717, 1.165) is 55.6 Å². The second-order valence-electron chi connectivity index (χ2n) is 13.9. The van der Waals surface area contributed by atoms with E-state index in [9.17, 15) is 4.39 Å². The van der Waals surface area contributed by atoms with Crippen LogP contribution < -0.4 is 5.19 Å². The van der Waals surface area contributed by atoms with Crippen molar-refractivity contribution in [2.45, 2.75) is 39.4 Å². The average molecular weight is 875 g/mol. The fourth-order valence-corrected chi connectivity index (χ4v) is 8.29. The Balaban J connectivity index is 0.000000218. The molecule has 0 N–H and O–H groups in total. The molecule has 5 aromatic carbocycles. The monoisotopic (exact) mass is 875 g/mol. The molecule has 0 saturated heterocycles. The molecule has 1 radical (unpaired) electrons. The Bertz CT molecular complexity index is 2440. The Morgan fingerprint density at radius 1 is 0.712 bits per heavy atom. The molecule has 0 fully saturated rings. The van der Waals surface area contributed by atoms with Crippen LogP contribution in [-0.2, 0) is 20.1 Å². The maximum absolute atomic E-state index is 13.4. The number of nitrogens with zero attached hydrogens (tertiary/aromatic N) is 2. The molecule has 0 aliphatic rings. The molecule has 0 spiro atoms. The van der Waals surface area contributed by atoms with Crippen LogP contribution in [0.4, 0.5) is 4.39 Å². The van der Waals surface area contributed by atoms with E-state index >= 15 is 0 Å². The summed E-state index contributed by atoms with van der Waals surface area (Å²) in [5, 5.41) is 3.47. The van der Waals surface area contributed by atoms with E-state index in [1.165, 1.54) is 34.0 Å². The molecule has 1 atom stereocenters. The molecular formula is C46H39FIrN2OSi-2. The molecule has 3 heterocycles. The Morgan fingerprint density at radius 2 is 1.46 bits per heavy atom. The first-order valence-electron chi connectivity index (χ1n) is 17.2. The Labute approximate surface area is 320 Å². The zero-order valence-electron chi connectivity index (χ0n) is 29.9. The van der Waals surface area contributed by atoms with Gasteiger partial charge in [-0.3, -0.25) is 0 Å². The number of halogens is 1. The zero-order chi connectivity index (χ0) is 35.5. The quantitative estimate of drug-likeness (QED) is 0.123. The third kappa shape index (κ3) is 7.90. The Kier molecular flexibility index (Phi) is 11.1. The van der Waals surface area contributed by atoms with Gasteiger partial charge >= 0.3 is 0 Å². The fourth-order valence-electron chi connectivity index (χ4n) is 6.59. The van der Waals surface area contributed by atoms with Gasteiger partial charge in [0.15, 0.2) is 0 Å². The van der Waals surface area contributed by atoms with Gasteiger partial charge < -0.3 is 14.4 Å². The summed E-state index contributed by atoms with van der Waals surface area (Å²) >= 11 is 0. The van der Waals surface area contributed by atoms with Gasteiger partial charge in [0.1, 0.15) is 11.4 Å². The molecule has 0 aliphatic heterocycles. The first-order valence-corrected chi connectivity index (χ1v) is 20.7. The first-order chi connectivity index (χ1) is 24.7. The summed E-state index contributed by atoms with van der Waals surface area (Å²) in [6.45, 7) is 11.5. The van der Waals surface area contributed by atoms with Gasteiger partial charge in [-0.2, -0.15) is 0 Å². The molecular weight excluding hydrogens is 836 g/mol. The smallest absolute Gasteiger partial charge is 0.128 e. The van der Waals surface area contributed by atoms with E-state index in [4.69, 9.17) is 4.42 Å². The topological polar surface area (TPSA) is 38.9 Å². The van der Waals surface area contributed by atoms with Crippen molar-refractivity contribution in [2.75, 3.05) is 0 Å². The molecule has 0 saturated carbocycles. The number of benzene rings is 5. The molecule has 0 bridgehead atoms. The minimum absolute atomic E-state index is 0. The first kappa shape index (κ1) is 36.8. The van der Waals surface area contributed by atoms with Gasteiger partial charge in [0.2, 0.25) is 0 Å². The molecule has 0 aliphatic carbocycles. The van der Waals surface area contributed by atoms with Gasteiger partial charge in [-0.15, -0.1) is 59.7 Å². The van der Waals surface area contributed by atoms with E-state index in [1.807, 2.05) is 48.7 Å². The van der Waals surface area contributed by atoms with Crippen LogP contribution in [0.3, 0.4) is 0 Å². The summed E-state index contributed by atoms with van der Waals surface area (Å²) < 4.78 is 19.7. The summed E-state index contributed by atoms with van der Waals surface area (Å²) in [5.74, 6) is 0.00999. The van der Waals surface area contributed by atoms with E-state index in [0.29, 0.717) is 0 Å². The number of hydrogen-bond acceptors (Lipinski definition) is 3. The summed E-state index contributed by atoms with van der Waals surface area (Å²) in [5.41, 5.74) is 11.1. The van der Waals surface area contributed by atoms with Crippen molar-refractivity contribution < 1.29 is 28.9 Å². The molecule has 8 aromatic rings. The second kappa shape index (κ2) is 15.7. The van der Waals surface area contributed by atoms with Gasteiger partial charge in [0.25, 0.3) is 0 Å². The maximum atomic E-state index is 13.4. The van der Waals surface area contributed by atoms with E-state index in [2.05, 4.69) is 122 Å². The van der Waals surface area contributed by atoms with Gasteiger partial charge in [0.05, 0.1) is 13.7 Å². The van der Waals surface area contributed by atoms with Crippen molar-refractivity contribution in [1.29, 1.82) is 0 Å². The number of aromatic nitrogens is 2. The van der Waals surface area contributed by atoms with Crippen molar-refractivity contribution >= 4 is 35.2 Å². The number of fused-ring (bicyclic) bond motifs is 3. The number of pyridine rings is 2. The van der Waals surface area contributed by atoms with E-state index in [-0.39, 0.29) is 31.8 Å². The van der Waals surface area contributed by atoms with Crippen LogP contribution in [0.25, 0.3) is 55.6 Å². The molecule has 3 aromatic heterocycles. The molecule has 261 valence electrons. The zero-order valence-corrected chi connectivity index (χ0v) is 33.3.